The maximum absolute atomic E-state index is 14.0. The monoisotopic (exact) mass is 362 g/mol. The molecule has 7 nitrogen and oxygen atoms in total. The standard InChI is InChI=1S/C19H15FN6O/c20-13-7-12(17-21-4-5-22-17)8-14(9-13)24-19(27)15-10-23-26-6-3-16(11-1-2-11)25-18(15)26/h3-11H,1-2H2,(H,21,22)(H,24,27). The third-order valence-corrected chi connectivity index (χ3v) is 4.56. The summed E-state index contributed by atoms with van der Waals surface area (Å²) in [5.41, 5.74) is 2.71. The predicted molar refractivity (Wildman–Crippen MR) is 96.9 cm³/mol. The van der Waals surface area contributed by atoms with E-state index in [2.05, 4.69) is 25.4 Å². The molecule has 1 saturated carbocycles. The summed E-state index contributed by atoms with van der Waals surface area (Å²) in [5, 5.41) is 6.91. The molecule has 1 aliphatic carbocycles. The highest BCUT2D eigenvalue weighted by Crippen LogP contribution is 2.39. The highest BCUT2D eigenvalue weighted by atomic mass is 19.1. The molecule has 0 unspecified atom stereocenters. The Morgan fingerprint density at radius 1 is 1.30 bits per heavy atom. The van der Waals surface area contributed by atoms with E-state index in [1.54, 1.807) is 23.0 Å². The smallest absolute Gasteiger partial charge is 0.261 e. The van der Waals surface area contributed by atoms with E-state index < -0.39 is 5.82 Å². The molecule has 27 heavy (non-hydrogen) atoms. The van der Waals surface area contributed by atoms with E-state index in [4.69, 9.17) is 0 Å². The van der Waals surface area contributed by atoms with Crippen molar-refractivity contribution in [3.63, 3.8) is 0 Å². The Kier molecular flexibility index (Phi) is 3.49. The second kappa shape index (κ2) is 6.01. The molecule has 1 amide bonds. The fraction of sp³-hybridized carbons (Fsp3) is 0.158. The van der Waals surface area contributed by atoms with E-state index in [1.807, 2.05) is 12.3 Å². The molecule has 1 aliphatic rings. The molecule has 3 heterocycles. The number of H-pyrrole nitrogens is 1. The molecule has 1 aromatic carbocycles. The Balaban J connectivity index is 1.47. The SMILES string of the molecule is O=C(Nc1cc(F)cc(-c2ncc[nH]2)c1)c1cnn2ccc(C3CC3)nc12. The Bertz CT molecular complexity index is 1150. The zero-order chi connectivity index (χ0) is 18.4. The van der Waals surface area contributed by atoms with Crippen LogP contribution in [0.1, 0.15) is 34.8 Å². The van der Waals surface area contributed by atoms with Crippen LogP contribution in [0.25, 0.3) is 17.0 Å². The van der Waals surface area contributed by atoms with Gasteiger partial charge in [-0.3, -0.25) is 4.79 Å². The van der Waals surface area contributed by atoms with Crippen LogP contribution in [0.15, 0.2) is 49.1 Å². The normalized spacial score (nSPS) is 13.8. The number of nitrogens with one attached hydrogen (secondary N) is 2. The fourth-order valence-corrected chi connectivity index (χ4v) is 3.07. The van der Waals surface area contributed by atoms with Crippen LogP contribution in [-0.4, -0.2) is 30.5 Å². The number of rotatable bonds is 4. The molecular formula is C19H15FN6O. The van der Waals surface area contributed by atoms with Gasteiger partial charge in [0, 0.05) is 41.5 Å². The van der Waals surface area contributed by atoms with E-state index in [9.17, 15) is 9.18 Å². The van der Waals surface area contributed by atoms with Gasteiger partial charge in [0.15, 0.2) is 5.65 Å². The lowest BCUT2D eigenvalue weighted by molar-refractivity contribution is 0.102. The largest absolute Gasteiger partial charge is 0.345 e. The average Bonchev–Trinajstić information content (AvgIpc) is 3.18. The highest BCUT2D eigenvalue weighted by Gasteiger charge is 2.26. The van der Waals surface area contributed by atoms with Gasteiger partial charge in [-0.25, -0.2) is 18.9 Å². The first-order valence-corrected chi connectivity index (χ1v) is 8.63. The number of benzene rings is 1. The summed E-state index contributed by atoms with van der Waals surface area (Å²) >= 11 is 0. The molecule has 0 bridgehead atoms. The van der Waals surface area contributed by atoms with Gasteiger partial charge in [-0.05, 0) is 37.1 Å². The van der Waals surface area contributed by atoms with Gasteiger partial charge in [-0.1, -0.05) is 0 Å². The van der Waals surface area contributed by atoms with Crippen molar-refractivity contribution in [1.29, 1.82) is 0 Å². The number of anilines is 1. The first-order chi connectivity index (χ1) is 13.2. The fourth-order valence-electron chi connectivity index (χ4n) is 3.07. The van der Waals surface area contributed by atoms with Crippen LogP contribution in [0.4, 0.5) is 10.1 Å². The number of halogens is 1. The second-order valence-corrected chi connectivity index (χ2v) is 6.57. The minimum atomic E-state index is -0.465. The number of carbonyl (C=O) groups is 1. The van der Waals surface area contributed by atoms with Crippen molar-refractivity contribution in [2.75, 3.05) is 5.32 Å². The van der Waals surface area contributed by atoms with Crippen LogP contribution in [0.5, 0.6) is 0 Å². The van der Waals surface area contributed by atoms with Crippen molar-refractivity contribution in [1.82, 2.24) is 24.6 Å². The first-order valence-electron chi connectivity index (χ1n) is 8.63. The summed E-state index contributed by atoms with van der Waals surface area (Å²) < 4.78 is 15.6. The summed E-state index contributed by atoms with van der Waals surface area (Å²) in [7, 11) is 0. The number of aromatic amines is 1. The highest BCUT2D eigenvalue weighted by molar-refractivity contribution is 6.08. The summed E-state index contributed by atoms with van der Waals surface area (Å²) in [6, 6.07) is 6.21. The molecule has 0 aliphatic heterocycles. The molecule has 2 N–H and O–H groups in total. The van der Waals surface area contributed by atoms with Gasteiger partial charge < -0.3 is 10.3 Å². The minimum Gasteiger partial charge on any atom is -0.345 e. The van der Waals surface area contributed by atoms with Gasteiger partial charge in [0.2, 0.25) is 0 Å². The summed E-state index contributed by atoms with van der Waals surface area (Å²) in [6.07, 6.45) is 8.77. The molecule has 0 saturated heterocycles. The Labute approximate surface area is 153 Å². The van der Waals surface area contributed by atoms with E-state index in [-0.39, 0.29) is 5.91 Å². The zero-order valence-electron chi connectivity index (χ0n) is 14.2. The molecular weight excluding hydrogens is 347 g/mol. The molecule has 134 valence electrons. The molecule has 5 rings (SSSR count). The minimum absolute atomic E-state index is 0.337. The number of nitrogens with zero attached hydrogens (tertiary/aromatic N) is 4. The Morgan fingerprint density at radius 2 is 2.19 bits per heavy atom. The van der Waals surface area contributed by atoms with Crippen molar-refractivity contribution in [3.8, 4) is 11.4 Å². The van der Waals surface area contributed by atoms with Gasteiger partial charge in [-0.2, -0.15) is 5.10 Å². The van der Waals surface area contributed by atoms with Crippen LogP contribution in [0.3, 0.4) is 0 Å². The van der Waals surface area contributed by atoms with Crippen LogP contribution >= 0.6 is 0 Å². The second-order valence-electron chi connectivity index (χ2n) is 6.57. The van der Waals surface area contributed by atoms with Gasteiger partial charge >= 0.3 is 0 Å². The van der Waals surface area contributed by atoms with Gasteiger partial charge in [0.05, 0.1) is 6.20 Å². The van der Waals surface area contributed by atoms with E-state index in [1.165, 1.54) is 18.3 Å². The quantitative estimate of drug-likeness (QED) is 0.582. The third-order valence-electron chi connectivity index (χ3n) is 4.56. The average molecular weight is 362 g/mol. The van der Waals surface area contributed by atoms with Gasteiger partial charge in [0.25, 0.3) is 5.91 Å². The van der Waals surface area contributed by atoms with Crippen molar-refractivity contribution in [3.05, 3.63) is 66.1 Å². The summed E-state index contributed by atoms with van der Waals surface area (Å²) in [4.78, 5) is 24.4. The molecule has 0 spiro atoms. The first kappa shape index (κ1) is 15.7. The Morgan fingerprint density at radius 3 is 2.96 bits per heavy atom. The molecule has 8 heteroatoms. The lowest BCUT2D eigenvalue weighted by Crippen LogP contribution is -2.12. The topological polar surface area (TPSA) is 88.0 Å². The predicted octanol–water partition coefficient (Wildman–Crippen LogP) is 3.39. The maximum atomic E-state index is 14.0. The van der Waals surface area contributed by atoms with Gasteiger partial charge in [0.1, 0.15) is 17.2 Å². The molecule has 1 fully saturated rings. The van der Waals surface area contributed by atoms with Gasteiger partial charge in [-0.15, -0.1) is 0 Å². The van der Waals surface area contributed by atoms with Crippen molar-refractivity contribution in [2.24, 2.45) is 0 Å². The molecule has 4 aromatic rings. The lowest BCUT2D eigenvalue weighted by atomic mass is 10.1. The van der Waals surface area contributed by atoms with Crippen LogP contribution < -0.4 is 5.32 Å². The number of fused-ring (bicyclic) bond motifs is 1. The number of hydrogen-bond acceptors (Lipinski definition) is 4. The van der Waals surface area contributed by atoms with E-state index >= 15 is 0 Å². The number of hydrogen-bond donors (Lipinski definition) is 2. The number of aromatic nitrogens is 5. The third kappa shape index (κ3) is 2.95. The molecule has 3 aromatic heterocycles. The summed E-state index contributed by atoms with van der Waals surface area (Å²) in [6.45, 7) is 0. The number of amides is 1. The summed E-state index contributed by atoms with van der Waals surface area (Å²) in [5.74, 6) is 0.145. The van der Waals surface area contributed by atoms with Crippen molar-refractivity contribution in [2.45, 2.75) is 18.8 Å². The number of imidazole rings is 1. The number of carbonyl (C=O) groups excluding carboxylic acids is 1. The van der Waals surface area contributed by atoms with E-state index in [0.717, 1.165) is 18.5 Å². The maximum Gasteiger partial charge on any atom is 0.261 e. The van der Waals surface area contributed by atoms with Crippen LogP contribution in [0.2, 0.25) is 0 Å². The molecule has 0 radical (unpaired) electrons. The lowest BCUT2D eigenvalue weighted by Gasteiger charge is -2.07. The Hall–Kier alpha value is -3.55. The van der Waals surface area contributed by atoms with Crippen molar-refractivity contribution >= 4 is 17.2 Å². The van der Waals surface area contributed by atoms with Crippen molar-refractivity contribution < 1.29 is 9.18 Å². The van der Waals surface area contributed by atoms with E-state index in [0.29, 0.717) is 34.2 Å². The van der Waals surface area contributed by atoms with Crippen LogP contribution in [-0.2, 0) is 0 Å². The van der Waals surface area contributed by atoms with Crippen LogP contribution in [0, 0.1) is 5.82 Å². The molecule has 0 atom stereocenters. The zero-order valence-corrected chi connectivity index (χ0v) is 14.2.